The van der Waals surface area contributed by atoms with Crippen LogP contribution in [-0.4, -0.2) is 6.67 Å². The number of allylic oxidation sites excluding steroid dienone is 1. The Bertz CT molecular complexity index is 1110. The summed E-state index contributed by atoms with van der Waals surface area (Å²) in [6, 6.07) is 8.58. The number of thiol groups is 1. The Balaban J connectivity index is 2.05. The molecule has 0 aliphatic carbocycles. The maximum Gasteiger partial charge on any atom is 0.132 e. The molecule has 0 spiro atoms. The lowest BCUT2D eigenvalue weighted by Crippen LogP contribution is -2.03. The van der Waals surface area contributed by atoms with Crippen molar-refractivity contribution in [1.82, 2.24) is 0 Å². The predicted molar refractivity (Wildman–Crippen MR) is 147 cm³/mol. The molecule has 1 aromatic carbocycles. The molecule has 0 aliphatic rings. The molecule has 3 aromatic rings. The van der Waals surface area contributed by atoms with E-state index in [0.29, 0.717) is 23.7 Å². The van der Waals surface area contributed by atoms with Crippen molar-refractivity contribution in [1.29, 1.82) is 0 Å². The average molecular weight is 523 g/mol. The van der Waals surface area contributed by atoms with Gasteiger partial charge in [-0.2, -0.15) is 0 Å². The van der Waals surface area contributed by atoms with E-state index in [-0.39, 0.29) is 17.8 Å². The van der Waals surface area contributed by atoms with Crippen molar-refractivity contribution in [2.45, 2.75) is 65.7 Å². The molecule has 2 heterocycles. The number of thiophene rings is 2. The van der Waals surface area contributed by atoms with Crippen molar-refractivity contribution < 1.29 is 13.2 Å². The van der Waals surface area contributed by atoms with Crippen LogP contribution >= 0.6 is 35.3 Å². The molecule has 0 amide bonds. The number of aryl methyl sites for hydroxylation is 1. The second-order valence-corrected chi connectivity index (χ2v) is 11.3. The Hall–Kier alpha value is -1.50. The first-order valence-electron chi connectivity index (χ1n) is 12.1. The highest BCUT2D eigenvalue weighted by Crippen LogP contribution is 2.44. The summed E-state index contributed by atoms with van der Waals surface area (Å²) in [5.74, 6) is -0.381. The fourth-order valence-corrected chi connectivity index (χ4v) is 6.83. The van der Waals surface area contributed by atoms with Crippen LogP contribution in [0.3, 0.4) is 0 Å². The number of hydrogen-bond donors (Lipinski definition) is 1. The van der Waals surface area contributed by atoms with Crippen LogP contribution in [0.4, 0.5) is 13.2 Å². The van der Waals surface area contributed by atoms with Gasteiger partial charge in [0.2, 0.25) is 0 Å². The van der Waals surface area contributed by atoms with Gasteiger partial charge in [0.05, 0.1) is 6.67 Å². The monoisotopic (exact) mass is 522 g/mol. The third kappa shape index (κ3) is 6.58. The molecule has 0 saturated heterocycles. The molecule has 0 radical (unpaired) electrons. The lowest BCUT2D eigenvalue weighted by atomic mass is 9.91. The first kappa shape index (κ1) is 27.1. The molecule has 3 rings (SSSR count). The summed E-state index contributed by atoms with van der Waals surface area (Å²) in [4.78, 5) is 4.32. The summed E-state index contributed by atoms with van der Waals surface area (Å²) < 4.78 is 43.0. The SMILES string of the molecule is CC/C=C(\S)c1cc(F)c(-c2cc(CC(CC)CCCC)c(-c3ccc(CCF)s3)s2)cc1F. The van der Waals surface area contributed by atoms with E-state index in [2.05, 4.69) is 26.5 Å². The van der Waals surface area contributed by atoms with E-state index in [4.69, 9.17) is 0 Å². The molecule has 6 heteroatoms. The topological polar surface area (TPSA) is 0 Å². The fraction of sp³-hybridized carbons (Fsp3) is 0.429. The summed E-state index contributed by atoms with van der Waals surface area (Å²) in [5.41, 5.74) is 1.63. The van der Waals surface area contributed by atoms with Gasteiger partial charge in [-0.1, -0.05) is 52.5 Å². The Morgan fingerprint density at radius 2 is 1.82 bits per heavy atom. The highest BCUT2D eigenvalue weighted by molar-refractivity contribution is 7.90. The number of halogens is 3. The van der Waals surface area contributed by atoms with Crippen molar-refractivity contribution in [2.75, 3.05) is 6.67 Å². The maximum atomic E-state index is 15.2. The first-order valence-corrected chi connectivity index (χ1v) is 14.2. The van der Waals surface area contributed by atoms with E-state index in [1.807, 2.05) is 25.1 Å². The Kier molecular flexibility index (Phi) is 10.3. The van der Waals surface area contributed by atoms with E-state index in [1.165, 1.54) is 35.5 Å². The van der Waals surface area contributed by atoms with Gasteiger partial charge in [-0.15, -0.1) is 35.3 Å². The van der Waals surface area contributed by atoms with Gasteiger partial charge in [-0.05, 0) is 54.7 Å². The van der Waals surface area contributed by atoms with Crippen LogP contribution in [0.25, 0.3) is 25.1 Å². The van der Waals surface area contributed by atoms with Gasteiger partial charge in [0.25, 0.3) is 0 Å². The molecule has 0 saturated carbocycles. The molecule has 0 bridgehead atoms. The molecular formula is C28H33F3S3. The third-order valence-electron chi connectivity index (χ3n) is 6.08. The molecule has 2 aromatic heterocycles. The maximum absolute atomic E-state index is 15.2. The number of benzene rings is 1. The highest BCUT2D eigenvalue weighted by atomic mass is 32.1. The molecule has 0 aliphatic heterocycles. The summed E-state index contributed by atoms with van der Waals surface area (Å²) in [6.45, 7) is 5.96. The van der Waals surface area contributed by atoms with Crippen LogP contribution in [-0.2, 0) is 12.8 Å². The molecule has 1 atom stereocenters. The molecule has 184 valence electrons. The summed E-state index contributed by atoms with van der Waals surface area (Å²) in [7, 11) is 0. The summed E-state index contributed by atoms with van der Waals surface area (Å²) in [5, 5.41) is 0. The summed E-state index contributed by atoms with van der Waals surface area (Å²) >= 11 is 7.42. The van der Waals surface area contributed by atoms with E-state index < -0.39 is 11.6 Å². The van der Waals surface area contributed by atoms with Crippen LogP contribution in [0.15, 0.2) is 36.4 Å². The van der Waals surface area contributed by atoms with Crippen LogP contribution in [0.5, 0.6) is 0 Å². The Morgan fingerprint density at radius 3 is 2.50 bits per heavy atom. The normalized spacial score (nSPS) is 13.0. The minimum Gasteiger partial charge on any atom is -0.251 e. The first-order chi connectivity index (χ1) is 16.4. The number of hydrogen-bond acceptors (Lipinski definition) is 3. The number of rotatable bonds is 12. The van der Waals surface area contributed by atoms with E-state index in [1.54, 1.807) is 17.4 Å². The standard InChI is InChI=1S/C28H33F3S3/c1-4-7-9-18(6-3)14-19-15-27(34-28(19)26-11-10-20(33-26)12-13-29)22-17-23(30)21(16-24(22)31)25(32)8-5-2/h8,10-11,15-18,32H,4-7,9,12-14H2,1-3H3/b25-8-. The lowest BCUT2D eigenvalue weighted by Gasteiger charge is -2.14. The molecule has 0 N–H and O–H groups in total. The van der Waals surface area contributed by atoms with Crippen molar-refractivity contribution >= 4 is 40.2 Å². The quantitative estimate of drug-likeness (QED) is 0.225. The molecular weight excluding hydrogens is 490 g/mol. The Morgan fingerprint density at radius 1 is 1.03 bits per heavy atom. The zero-order chi connectivity index (χ0) is 24.7. The molecule has 1 unspecified atom stereocenters. The second kappa shape index (κ2) is 13.0. The van der Waals surface area contributed by atoms with Gasteiger partial charge in [-0.25, -0.2) is 8.78 Å². The van der Waals surface area contributed by atoms with Crippen molar-refractivity contribution in [2.24, 2.45) is 5.92 Å². The van der Waals surface area contributed by atoms with Crippen LogP contribution in [0.2, 0.25) is 0 Å². The highest BCUT2D eigenvalue weighted by Gasteiger charge is 2.20. The van der Waals surface area contributed by atoms with Crippen LogP contribution in [0, 0.1) is 17.6 Å². The fourth-order valence-electron chi connectivity index (χ4n) is 4.14. The second-order valence-electron chi connectivity index (χ2n) is 8.60. The Labute approximate surface area is 215 Å². The lowest BCUT2D eigenvalue weighted by molar-refractivity contribution is 0.450. The minimum atomic E-state index is -0.474. The molecule has 34 heavy (non-hydrogen) atoms. The molecule has 0 fully saturated rings. The average Bonchev–Trinajstić information content (AvgIpc) is 3.45. The zero-order valence-electron chi connectivity index (χ0n) is 20.1. The van der Waals surface area contributed by atoms with E-state index >= 15 is 4.39 Å². The molecule has 0 nitrogen and oxygen atoms in total. The van der Waals surface area contributed by atoms with E-state index in [9.17, 15) is 8.78 Å². The van der Waals surface area contributed by atoms with Crippen LogP contribution in [0.1, 0.15) is 68.9 Å². The van der Waals surface area contributed by atoms with Gasteiger partial charge in [0, 0.05) is 42.0 Å². The minimum absolute atomic E-state index is 0.183. The van der Waals surface area contributed by atoms with Gasteiger partial charge in [0.1, 0.15) is 11.6 Å². The third-order valence-corrected chi connectivity index (χ3v) is 9.04. The smallest absolute Gasteiger partial charge is 0.132 e. The number of alkyl halides is 1. The number of unbranched alkanes of at least 4 members (excludes halogenated alkanes) is 1. The van der Waals surface area contributed by atoms with Gasteiger partial charge >= 0.3 is 0 Å². The largest absolute Gasteiger partial charge is 0.251 e. The van der Waals surface area contributed by atoms with Crippen molar-refractivity contribution in [3.63, 3.8) is 0 Å². The van der Waals surface area contributed by atoms with Crippen molar-refractivity contribution in [3.05, 3.63) is 64.0 Å². The van der Waals surface area contributed by atoms with Gasteiger partial charge in [-0.3, -0.25) is 4.39 Å². The zero-order valence-corrected chi connectivity index (χ0v) is 22.6. The van der Waals surface area contributed by atoms with E-state index in [0.717, 1.165) is 45.2 Å². The van der Waals surface area contributed by atoms with Gasteiger partial charge < -0.3 is 0 Å². The summed E-state index contributed by atoms with van der Waals surface area (Å²) in [6.07, 6.45) is 8.35. The van der Waals surface area contributed by atoms with Crippen LogP contribution < -0.4 is 0 Å². The predicted octanol–water partition coefficient (Wildman–Crippen LogP) is 10.4. The van der Waals surface area contributed by atoms with Gasteiger partial charge in [0.15, 0.2) is 0 Å². The van der Waals surface area contributed by atoms with Crippen molar-refractivity contribution in [3.8, 4) is 20.2 Å².